The normalized spacial score (nSPS) is 22.9. The van der Waals surface area contributed by atoms with Crippen LogP contribution >= 0.6 is 0 Å². The number of nitrogens with zero attached hydrogens (tertiary/aromatic N) is 3. The lowest BCUT2D eigenvalue weighted by atomic mass is 9.70. The van der Waals surface area contributed by atoms with Gasteiger partial charge in [-0.1, -0.05) is 13.3 Å². The quantitative estimate of drug-likeness (QED) is 0.816. The van der Waals surface area contributed by atoms with E-state index < -0.39 is 0 Å². The molecule has 2 heterocycles. The lowest BCUT2D eigenvalue weighted by Crippen LogP contribution is -2.66. The highest BCUT2D eigenvalue weighted by Gasteiger charge is 2.49. The van der Waals surface area contributed by atoms with Crippen molar-refractivity contribution < 1.29 is 0 Å². The van der Waals surface area contributed by atoms with Crippen molar-refractivity contribution in [3.63, 3.8) is 0 Å². The van der Waals surface area contributed by atoms with Crippen LogP contribution < -0.4 is 10.6 Å². The predicted octanol–water partition coefficient (Wildman–Crippen LogP) is 2.40. The number of hydrogen-bond acceptors (Lipinski definition) is 5. The van der Waals surface area contributed by atoms with Crippen LogP contribution in [0.25, 0.3) is 0 Å². The van der Waals surface area contributed by atoms with E-state index in [1.165, 1.54) is 12.8 Å². The summed E-state index contributed by atoms with van der Waals surface area (Å²) in [6.07, 6.45) is 7.50. The molecular weight excluding hydrogens is 262 g/mol. The van der Waals surface area contributed by atoms with Gasteiger partial charge in [-0.25, -0.2) is 15.0 Å². The lowest BCUT2D eigenvalue weighted by Gasteiger charge is -2.52. The highest BCUT2D eigenvalue weighted by Crippen LogP contribution is 2.41. The summed E-state index contributed by atoms with van der Waals surface area (Å²) in [6.45, 7) is 12.2. The molecule has 1 saturated heterocycles. The summed E-state index contributed by atoms with van der Waals surface area (Å²) in [5, 5.41) is 7.51. The van der Waals surface area contributed by atoms with Crippen LogP contribution in [0.2, 0.25) is 0 Å². The van der Waals surface area contributed by atoms with Crippen molar-refractivity contribution in [2.24, 2.45) is 0 Å². The van der Waals surface area contributed by atoms with Gasteiger partial charge >= 0.3 is 0 Å². The van der Waals surface area contributed by atoms with Gasteiger partial charge in [0.2, 0.25) is 0 Å². The molecular formula is C16H29N5. The minimum absolute atomic E-state index is 0.0353. The molecule has 0 bridgehead atoms. The van der Waals surface area contributed by atoms with Crippen LogP contribution in [0.1, 0.15) is 66.1 Å². The lowest BCUT2D eigenvalue weighted by molar-refractivity contribution is 0.0719. The third kappa shape index (κ3) is 3.98. The molecule has 1 aromatic heterocycles. The molecule has 0 aromatic carbocycles. The van der Waals surface area contributed by atoms with Crippen LogP contribution in [-0.4, -0.2) is 32.6 Å². The Bertz CT molecular complexity index is 439. The number of rotatable bonds is 5. The number of nitrogens with one attached hydrogen (secondary N) is 2. The van der Waals surface area contributed by atoms with E-state index in [-0.39, 0.29) is 16.6 Å². The molecule has 0 atom stereocenters. The third-order valence-electron chi connectivity index (χ3n) is 4.08. The Labute approximate surface area is 128 Å². The second-order valence-corrected chi connectivity index (χ2v) is 7.57. The Morgan fingerprint density at radius 3 is 2.19 bits per heavy atom. The van der Waals surface area contributed by atoms with Gasteiger partial charge in [-0.05, 0) is 53.5 Å². The van der Waals surface area contributed by atoms with Crippen LogP contribution in [0.4, 0.5) is 0 Å². The minimum Gasteiger partial charge on any atom is -0.307 e. The molecule has 0 spiro atoms. The first kappa shape index (κ1) is 16.3. The zero-order valence-electron chi connectivity index (χ0n) is 14.0. The number of unbranched alkanes of at least 4 members (excludes halogenated alkanes) is 1. The van der Waals surface area contributed by atoms with E-state index >= 15 is 0 Å². The molecule has 2 rings (SSSR count). The summed E-state index contributed by atoms with van der Waals surface area (Å²) in [7, 11) is 0. The first-order valence-corrected chi connectivity index (χ1v) is 7.95. The van der Waals surface area contributed by atoms with Crippen molar-refractivity contribution in [3.8, 4) is 0 Å². The van der Waals surface area contributed by atoms with Gasteiger partial charge in [0, 0.05) is 11.1 Å². The molecule has 0 amide bonds. The second-order valence-electron chi connectivity index (χ2n) is 7.57. The first-order chi connectivity index (χ1) is 9.79. The predicted molar refractivity (Wildman–Crippen MR) is 84.9 cm³/mol. The Hall–Kier alpha value is -1.07. The van der Waals surface area contributed by atoms with E-state index in [0.717, 1.165) is 25.2 Å². The van der Waals surface area contributed by atoms with Crippen LogP contribution in [0.3, 0.4) is 0 Å². The van der Waals surface area contributed by atoms with E-state index in [1.807, 2.05) is 0 Å². The van der Waals surface area contributed by atoms with Crippen LogP contribution in [0, 0.1) is 0 Å². The third-order valence-corrected chi connectivity index (χ3v) is 4.08. The van der Waals surface area contributed by atoms with Gasteiger partial charge in [-0.2, -0.15) is 0 Å². The van der Waals surface area contributed by atoms with Gasteiger partial charge in [0.15, 0.2) is 5.82 Å². The molecule has 1 aliphatic heterocycles. The van der Waals surface area contributed by atoms with Gasteiger partial charge in [0.05, 0.1) is 5.54 Å². The van der Waals surface area contributed by atoms with E-state index in [2.05, 4.69) is 60.2 Å². The average Bonchev–Trinajstić information content (AvgIpc) is 2.36. The van der Waals surface area contributed by atoms with Crippen molar-refractivity contribution in [2.45, 2.75) is 76.9 Å². The van der Waals surface area contributed by atoms with E-state index in [4.69, 9.17) is 0 Å². The largest absolute Gasteiger partial charge is 0.307 e. The van der Waals surface area contributed by atoms with Crippen molar-refractivity contribution in [1.29, 1.82) is 0 Å². The number of hydrogen-bond donors (Lipinski definition) is 2. The smallest absolute Gasteiger partial charge is 0.152 e. The average molecular weight is 291 g/mol. The fourth-order valence-corrected chi connectivity index (χ4v) is 3.93. The molecule has 1 aliphatic rings. The molecule has 0 unspecified atom stereocenters. The van der Waals surface area contributed by atoms with E-state index in [9.17, 15) is 0 Å². The Morgan fingerprint density at radius 1 is 1.10 bits per heavy atom. The number of piperidine rings is 1. The molecule has 0 aliphatic carbocycles. The van der Waals surface area contributed by atoms with Gasteiger partial charge < -0.3 is 10.6 Å². The maximum atomic E-state index is 4.47. The highest BCUT2D eigenvalue weighted by atomic mass is 15.2. The van der Waals surface area contributed by atoms with Crippen molar-refractivity contribution >= 4 is 0 Å². The molecule has 0 saturated carbocycles. The maximum absolute atomic E-state index is 4.47. The summed E-state index contributed by atoms with van der Waals surface area (Å²) < 4.78 is 0. The van der Waals surface area contributed by atoms with Crippen molar-refractivity contribution in [3.05, 3.63) is 18.5 Å². The summed E-state index contributed by atoms with van der Waals surface area (Å²) in [6, 6.07) is 0. The summed E-state index contributed by atoms with van der Waals surface area (Å²) in [5.74, 6) is 0.872. The molecule has 0 radical (unpaired) electrons. The summed E-state index contributed by atoms with van der Waals surface area (Å²) in [4.78, 5) is 12.9. The second kappa shape index (κ2) is 5.97. The minimum atomic E-state index is -0.184. The monoisotopic (exact) mass is 291 g/mol. The fourth-order valence-electron chi connectivity index (χ4n) is 3.93. The molecule has 1 fully saturated rings. The number of aromatic nitrogens is 3. The molecule has 118 valence electrons. The zero-order chi connectivity index (χ0) is 15.6. The van der Waals surface area contributed by atoms with E-state index in [0.29, 0.717) is 0 Å². The molecule has 5 heteroatoms. The highest BCUT2D eigenvalue weighted by molar-refractivity contribution is 5.15. The van der Waals surface area contributed by atoms with E-state index in [1.54, 1.807) is 12.7 Å². The molecule has 2 N–H and O–H groups in total. The Kier molecular flexibility index (Phi) is 4.63. The first-order valence-electron chi connectivity index (χ1n) is 7.95. The maximum Gasteiger partial charge on any atom is 0.152 e. The Morgan fingerprint density at radius 2 is 1.67 bits per heavy atom. The topological polar surface area (TPSA) is 62.7 Å². The van der Waals surface area contributed by atoms with Crippen LogP contribution in [-0.2, 0) is 5.54 Å². The summed E-state index contributed by atoms with van der Waals surface area (Å²) in [5.41, 5.74) is -0.114. The van der Waals surface area contributed by atoms with Gasteiger partial charge in [-0.15, -0.1) is 0 Å². The zero-order valence-corrected chi connectivity index (χ0v) is 14.0. The van der Waals surface area contributed by atoms with Gasteiger partial charge in [-0.3, -0.25) is 0 Å². The van der Waals surface area contributed by atoms with Crippen LogP contribution in [0.5, 0.6) is 0 Å². The van der Waals surface area contributed by atoms with Gasteiger partial charge in [0.1, 0.15) is 12.7 Å². The Balaban J connectivity index is 2.35. The van der Waals surface area contributed by atoms with Crippen molar-refractivity contribution in [1.82, 2.24) is 25.6 Å². The molecule has 21 heavy (non-hydrogen) atoms. The van der Waals surface area contributed by atoms with Gasteiger partial charge in [0.25, 0.3) is 0 Å². The molecule has 5 nitrogen and oxygen atoms in total. The standard InChI is InChI=1S/C16H29N5/c1-6-7-8-20-16(13-18-11-17-12-19-13)9-14(2,3)21-15(4,5)10-16/h11-12,20-21H,6-10H2,1-5H3. The molecule has 1 aromatic rings. The van der Waals surface area contributed by atoms with Crippen LogP contribution in [0.15, 0.2) is 12.7 Å². The summed E-state index contributed by atoms with van der Waals surface area (Å²) >= 11 is 0. The fraction of sp³-hybridized carbons (Fsp3) is 0.812. The van der Waals surface area contributed by atoms with Crippen molar-refractivity contribution in [2.75, 3.05) is 6.54 Å². The SMILES string of the molecule is CCCCNC1(c2ncncn2)CC(C)(C)NC(C)(C)C1.